The van der Waals surface area contributed by atoms with Crippen LogP contribution >= 0.6 is 11.3 Å². The van der Waals surface area contributed by atoms with E-state index in [-0.39, 0.29) is 30.2 Å². The molecule has 5 nitrogen and oxygen atoms in total. The maximum absolute atomic E-state index is 13.1. The fourth-order valence-electron chi connectivity index (χ4n) is 3.06. The van der Waals surface area contributed by atoms with Crippen molar-refractivity contribution in [1.82, 2.24) is 10.2 Å². The monoisotopic (exact) mass is 370 g/mol. The van der Waals surface area contributed by atoms with Crippen molar-refractivity contribution in [2.45, 2.75) is 25.3 Å². The van der Waals surface area contributed by atoms with Crippen molar-refractivity contribution >= 4 is 29.2 Å². The van der Waals surface area contributed by atoms with Gasteiger partial charge in [0.05, 0.1) is 12.6 Å². The molecule has 1 unspecified atom stereocenters. The minimum Gasteiger partial charge on any atom is -0.394 e. The summed E-state index contributed by atoms with van der Waals surface area (Å²) >= 11 is 1.50. The van der Waals surface area contributed by atoms with Gasteiger partial charge in [-0.2, -0.15) is 0 Å². The molecule has 1 aromatic carbocycles. The lowest BCUT2D eigenvalue weighted by Crippen LogP contribution is -2.48. The Morgan fingerprint density at radius 1 is 1.19 bits per heavy atom. The van der Waals surface area contributed by atoms with Crippen LogP contribution in [0, 0.1) is 0 Å². The van der Waals surface area contributed by atoms with Gasteiger partial charge in [0.1, 0.15) is 5.70 Å². The van der Waals surface area contributed by atoms with E-state index in [1.54, 1.807) is 35.2 Å². The van der Waals surface area contributed by atoms with Gasteiger partial charge in [-0.05, 0) is 48.9 Å². The van der Waals surface area contributed by atoms with Gasteiger partial charge in [0.25, 0.3) is 11.8 Å². The average molecular weight is 370 g/mol. The molecule has 1 saturated heterocycles. The van der Waals surface area contributed by atoms with Crippen LogP contribution in [0.3, 0.4) is 0 Å². The van der Waals surface area contributed by atoms with E-state index in [1.165, 1.54) is 11.3 Å². The van der Waals surface area contributed by atoms with E-state index in [0.717, 1.165) is 24.1 Å². The van der Waals surface area contributed by atoms with Gasteiger partial charge in [-0.15, -0.1) is 11.3 Å². The van der Waals surface area contributed by atoms with Crippen molar-refractivity contribution in [2.24, 2.45) is 0 Å². The van der Waals surface area contributed by atoms with Gasteiger partial charge < -0.3 is 15.3 Å². The van der Waals surface area contributed by atoms with Gasteiger partial charge >= 0.3 is 0 Å². The Balaban J connectivity index is 1.86. The first-order valence-electron chi connectivity index (χ1n) is 8.72. The smallest absolute Gasteiger partial charge is 0.270 e. The van der Waals surface area contributed by atoms with Crippen molar-refractivity contribution in [3.05, 3.63) is 64.0 Å². The molecule has 136 valence electrons. The first-order valence-corrected chi connectivity index (χ1v) is 9.60. The number of likely N-dealkylation sites (tertiary alicyclic amines) is 1. The number of carbonyl (C=O) groups excluding carboxylic acids is 2. The van der Waals surface area contributed by atoms with Gasteiger partial charge in [0.2, 0.25) is 0 Å². The summed E-state index contributed by atoms with van der Waals surface area (Å²) in [6.07, 6.45) is 4.38. The van der Waals surface area contributed by atoms with Crippen molar-refractivity contribution in [3.63, 3.8) is 0 Å². The number of hydrogen-bond donors (Lipinski definition) is 2. The summed E-state index contributed by atoms with van der Waals surface area (Å²) < 4.78 is 0. The average Bonchev–Trinajstić information content (AvgIpc) is 3.20. The quantitative estimate of drug-likeness (QED) is 0.795. The lowest BCUT2D eigenvalue weighted by molar-refractivity contribution is -0.132. The molecule has 2 amide bonds. The molecular formula is C20H22N2O3S. The number of amides is 2. The number of nitrogens with zero attached hydrogens (tertiary/aromatic N) is 1. The van der Waals surface area contributed by atoms with E-state index in [1.807, 2.05) is 23.6 Å². The number of carbonyl (C=O) groups is 2. The Morgan fingerprint density at radius 2 is 2.00 bits per heavy atom. The fourth-order valence-corrected chi connectivity index (χ4v) is 3.72. The Morgan fingerprint density at radius 3 is 2.69 bits per heavy atom. The van der Waals surface area contributed by atoms with Gasteiger partial charge in [-0.25, -0.2) is 0 Å². The Bertz CT molecular complexity index is 772. The number of benzene rings is 1. The second-order valence-corrected chi connectivity index (χ2v) is 7.20. The molecule has 0 bridgehead atoms. The van der Waals surface area contributed by atoms with Gasteiger partial charge in [-0.3, -0.25) is 9.59 Å². The van der Waals surface area contributed by atoms with Crippen LogP contribution in [0.25, 0.3) is 6.08 Å². The Kier molecular flexibility index (Phi) is 6.20. The molecule has 0 spiro atoms. The van der Waals surface area contributed by atoms with E-state index in [2.05, 4.69) is 5.32 Å². The molecule has 2 heterocycles. The molecule has 3 rings (SSSR count). The van der Waals surface area contributed by atoms with Crippen molar-refractivity contribution < 1.29 is 14.7 Å². The minimum absolute atomic E-state index is 0.0648. The zero-order valence-corrected chi connectivity index (χ0v) is 15.2. The molecule has 1 aliphatic heterocycles. The number of thiophene rings is 1. The second-order valence-electron chi connectivity index (χ2n) is 6.22. The van der Waals surface area contributed by atoms with Crippen LogP contribution in [0.1, 0.15) is 34.5 Å². The molecular weight excluding hydrogens is 348 g/mol. The molecule has 0 saturated carbocycles. The summed E-state index contributed by atoms with van der Waals surface area (Å²) in [6.45, 7) is 0.525. The fraction of sp³-hybridized carbons (Fsp3) is 0.300. The third kappa shape index (κ3) is 4.39. The van der Waals surface area contributed by atoms with Gasteiger partial charge in [-0.1, -0.05) is 24.3 Å². The number of rotatable bonds is 5. The molecule has 1 aliphatic rings. The first-order chi connectivity index (χ1) is 12.7. The number of aliphatic hydroxyl groups is 1. The molecule has 2 aromatic rings. The maximum atomic E-state index is 13.1. The summed E-state index contributed by atoms with van der Waals surface area (Å²) in [6, 6.07) is 12.4. The third-order valence-electron chi connectivity index (χ3n) is 4.44. The van der Waals surface area contributed by atoms with Crippen molar-refractivity contribution in [2.75, 3.05) is 13.2 Å². The lowest BCUT2D eigenvalue weighted by Gasteiger charge is -2.35. The summed E-state index contributed by atoms with van der Waals surface area (Å²) in [5.41, 5.74) is 0.733. The van der Waals surface area contributed by atoms with E-state index in [9.17, 15) is 14.7 Å². The lowest BCUT2D eigenvalue weighted by atomic mass is 10.0. The molecule has 2 N–H and O–H groups in total. The van der Waals surface area contributed by atoms with Gasteiger partial charge in [0, 0.05) is 17.0 Å². The normalized spacial score (nSPS) is 17.8. The van der Waals surface area contributed by atoms with E-state index < -0.39 is 0 Å². The molecule has 1 fully saturated rings. The molecule has 0 aliphatic carbocycles. The minimum atomic E-state index is -0.320. The summed E-state index contributed by atoms with van der Waals surface area (Å²) in [7, 11) is 0. The maximum Gasteiger partial charge on any atom is 0.270 e. The highest BCUT2D eigenvalue weighted by molar-refractivity contribution is 7.10. The van der Waals surface area contributed by atoms with E-state index >= 15 is 0 Å². The van der Waals surface area contributed by atoms with Crippen molar-refractivity contribution in [1.29, 1.82) is 0 Å². The zero-order chi connectivity index (χ0) is 18.4. The highest BCUT2D eigenvalue weighted by Crippen LogP contribution is 2.20. The number of hydrogen-bond acceptors (Lipinski definition) is 4. The number of piperidine rings is 1. The summed E-state index contributed by atoms with van der Waals surface area (Å²) in [5, 5.41) is 14.3. The van der Waals surface area contributed by atoms with Crippen LogP contribution in [-0.2, 0) is 4.79 Å². The Hall–Kier alpha value is -2.44. The van der Waals surface area contributed by atoms with Crippen LogP contribution in [-0.4, -0.2) is 41.0 Å². The zero-order valence-electron chi connectivity index (χ0n) is 14.4. The first kappa shape index (κ1) is 18.4. The Labute approximate surface area is 157 Å². The predicted octanol–water partition coefficient (Wildman–Crippen LogP) is 2.89. The largest absolute Gasteiger partial charge is 0.394 e. The summed E-state index contributed by atoms with van der Waals surface area (Å²) in [4.78, 5) is 28.2. The summed E-state index contributed by atoms with van der Waals surface area (Å²) in [5.74, 6) is -0.569. The van der Waals surface area contributed by atoms with Crippen LogP contribution in [0.15, 0.2) is 53.5 Å². The van der Waals surface area contributed by atoms with Crippen molar-refractivity contribution in [3.8, 4) is 0 Å². The molecule has 1 atom stereocenters. The molecule has 26 heavy (non-hydrogen) atoms. The van der Waals surface area contributed by atoms with Crippen LogP contribution in [0.2, 0.25) is 0 Å². The number of aliphatic hydroxyl groups excluding tert-OH is 1. The standard InChI is InChI=1S/C20H22N2O3S/c23-14-16-9-4-5-11-22(16)20(25)18(13-17-10-6-12-26-17)21-19(24)15-7-2-1-3-8-15/h1-3,6-8,10,12-13,16,23H,4-5,9,11,14H2,(H,21,24). The molecule has 0 radical (unpaired) electrons. The van der Waals surface area contributed by atoms with E-state index in [4.69, 9.17) is 0 Å². The number of nitrogens with one attached hydrogen (secondary N) is 1. The topological polar surface area (TPSA) is 69.6 Å². The second kappa shape index (κ2) is 8.78. The molecule has 6 heteroatoms. The van der Waals surface area contributed by atoms with Gasteiger partial charge in [0.15, 0.2) is 0 Å². The highest BCUT2D eigenvalue weighted by Gasteiger charge is 2.29. The SMILES string of the molecule is O=C(NC(=Cc1cccs1)C(=O)N1CCCCC1CO)c1ccccc1. The third-order valence-corrected chi connectivity index (χ3v) is 5.26. The van der Waals surface area contributed by atoms with E-state index in [0.29, 0.717) is 12.1 Å². The van der Waals surface area contributed by atoms with Crippen LogP contribution in [0.4, 0.5) is 0 Å². The van der Waals surface area contributed by atoms with Crippen LogP contribution in [0.5, 0.6) is 0 Å². The predicted molar refractivity (Wildman–Crippen MR) is 103 cm³/mol. The highest BCUT2D eigenvalue weighted by atomic mass is 32.1. The molecule has 1 aromatic heterocycles. The van der Waals surface area contributed by atoms with Crippen LogP contribution < -0.4 is 5.32 Å².